The maximum Gasteiger partial charge on any atom is 0.411 e. The van der Waals surface area contributed by atoms with Gasteiger partial charge >= 0.3 is 6.09 Å². The molecule has 1 amide bonds. The van der Waals surface area contributed by atoms with Crippen molar-refractivity contribution in [1.29, 1.82) is 0 Å². The van der Waals surface area contributed by atoms with E-state index >= 15 is 0 Å². The fraction of sp³-hybridized carbons (Fsp3) is 0.818. The van der Waals surface area contributed by atoms with Crippen LogP contribution in [-0.2, 0) is 9.53 Å². The van der Waals surface area contributed by atoms with E-state index in [0.717, 1.165) is 0 Å². The first kappa shape index (κ1) is 13.5. The van der Waals surface area contributed by atoms with E-state index < -0.39 is 10.0 Å². The van der Waals surface area contributed by atoms with Crippen molar-refractivity contribution in [3.05, 3.63) is 0 Å². The minimum Gasteiger partial charge on any atom is -0.444 e. The molecule has 1 rings (SSSR count). The second-order valence-corrected chi connectivity index (χ2v) is 6.95. The molecule has 0 aromatic rings. The predicted octanol–water partition coefficient (Wildman–Crippen LogP) is 2.70. The summed E-state index contributed by atoms with van der Waals surface area (Å²) < 4.78 is 4.67. The smallest absolute Gasteiger partial charge is 0.411 e. The first-order chi connectivity index (χ1) is 7.12. The largest absolute Gasteiger partial charge is 0.444 e. The van der Waals surface area contributed by atoms with Gasteiger partial charge in [-0.25, -0.2) is 4.79 Å². The molecule has 16 heavy (non-hydrogen) atoms. The number of Topliss-reactive ketones (excluding diaryl/α,β-unsaturated/α-hetero) is 1. The molecule has 1 fully saturated rings. The molecule has 1 aliphatic heterocycles. The SMILES string of the molecule is CC(C)(C)OC(=O)N1CCC(=O)CC1(C)Br. The molecule has 0 aliphatic carbocycles. The zero-order chi connectivity index (χ0) is 12.6. The number of likely N-dealkylation sites (tertiary alicyclic amines) is 1. The van der Waals surface area contributed by atoms with E-state index in [4.69, 9.17) is 4.74 Å². The number of piperidine rings is 1. The summed E-state index contributed by atoms with van der Waals surface area (Å²) >= 11 is 3.41. The third-order valence-corrected chi connectivity index (χ3v) is 3.02. The number of alkyl halides is 1. The summed E-state index contributed by atoms with van der Waals surface area (Å²) in [4.78, 5) is 24.8. The molecule has 1 heterocycles. The number of hydrogen-bond donors (Lipinski definition) is 0. The van der Waals surface area contributed by atoms with Crippen LogP contribution >= 0.6 is 15.9 Å². The lowest BCUT2D eigenvalue weighted by Crippen LogP contribution is -2.52. The molecule has 0 N–H and O–H groups in total. The van der Waals surface area contributed by atoms with E-state index in [2.05, 4.69) is 15.9 Å². The molecule has 1 atom stereocenters. The van der Waals surface area contributed by atoms with Crippen LogP contribution in [0.3, 0.4) is 0 Å². The van der Waals surface area contributed by atoms with Crippen LogP contribution in [0, 0.1) is 0 Å². The summed E-state index contributed by atoms with van der Waals surface area (Å²) in [6, 6.07) is 0. The predicted molar refractivity (Wildman–Crippen MR) is 64.5 cm³/mol. The van der Waals surface area contributed by atoms with Crippen molar-refractivity contribution >= 4 is 27.8 Å². The van der Waals surface area contributed by atoms with Crippen LogP contribution < -0.4 is 0 Å². The highest BCUT2D eigenvalue weighted by Gasteiger charge is 2.40. The Bertz CT molecular complexity index is 307. The second kappa shape index (κ2) is 4.35. The lowest BCUT2D eigenvalue weighted by molar-refractivity contribution is -0.123. The molecule has 0 radical (unpaired) electrons. The number of ketones is 1. The maximum absolute atomic E-state index is 11.9. The van der Waals surface area contributed by atoms with E-state index in [1.54, 1.807) is 4.90 Å². The van der Waals surface area contributed by atoms with Crippen molar-refractivity contribution in [3.8, 4) is 0 Å². The first-order valence-electron chi connectivity index (χ1n) is 5.33. The molecule has 1 unspecified atom stereocenters. The number of nitrogens with zero attached hydrogens (tertiary/aromatic N) is 1. The van der Waals surface area contributed by atoms with E-state index in [0.29, 0.717) is 19.4 Å². The van der Waals surface area contributed by atoms with Gasteiger partial charge in [0.15, 0.2) is 0 Å². The van der Waals surface area contributed by atoms with Crippen molar-refractivity contribution in [1.82, 2.24) is 4.90 Å². The van der Waals surface area contributed by atoms with Gasteiger partial charge in [-0.15, -0.1) is 0 Å². The van der Waals surface area contributed by atoms with E-state index in [1.165, 1.54) is 0 Å². The second-order valence-electron chi connectivity index (χ2n) is 5.24. The van der Waals surface area contributed by atoms with Crippen molar-refractivity contribution in [3.63, 3.8) is 0 Å². The Hall–Kier alpha value is -0.580. The average molecular weight is 292 g/mol. The zero-order valence-corrected chi connectivity index (χ0v) is 11.8. The summed E-state index contributed by atoms with van der Waals surface area (Å²) in [6.07, 6.45) is 0.353. The molecular weight excluding hydrogens is 274 g/mol. The molecule has 1 saturated heterocycles. The van der Waals surface area contributed by atoms with Gasteiger partial charge < -0.3 is 4.74 Å². The third kappa shape index (κ3) is 3.47. The number of ether oxygens (including phenoxy) is 1. The van der Waals surface area contributed by atoms with Gasteiger partial charge in [0.25, 0.3) is 0 Å². The molecular formula is C11H18BrNO3. The quantitative estimate of drug-likeness (QED) is 0.509. The van der Waals surface area contributed by atoms with E-state index in [1.807, 2.05) is 27.7 Å². The monoisotopic (exact) mass is 291 g/mol. The number of rotatable bonds is 0. The normalized spacial score (nSPS) is 26.8. The van der Waals surface area contributed by atoms with Crippen LogP contribution in [0.25, 0.3) is 0 Å². The molecule has 0 aromatic carbocycles. The van der Waals surface area contributed by atoms with Crippen molar-refractivity contribution in [2.24, 2.45) is 0 Å². The summed E-state index contributed by atoms with van der Waals surface area (Å²) in [5.41, 5.74) is -0.512. The molecule has 0 bridgehead atoms. The van der Waals surface area contributed by atoms with Crippen molar-refractivity contribution in [2.75, 3.05) is 6.54 Å². The van der Waals surface area contributed by atoms with Crippen molar-refractivity contribution in [2.45, 2.75) is 50.6 Å². The number of hydrogen-bond acceptors (Lipinski definition) is 3. The summed E-state index contributed by atoms with van der Waals surface area (Å²) in [5, 5.41) is 0. The van der Waals surface area contributed by atoms with Crippen LogP contribution in [0.15, 0.2) is 0 Å². The Morgan fingerprint density at radius 1 is 1.50 bits per heavy atom. The minimum atomic E-state index is -0.620. The Morgan fingerprint density at radius 3 is 2.50 bits per heavy atom. The van der Waals surface area contributed by atoms with Gasteiger partial charge in [0.2, 0.25) is 0 Å². The Kier molecular flexibility index (Phi) is 3.67. The number of carbonyl (C=O) groups is 2. The molecule has 4 nitrogen and oxygen atoms in total. The maximum atomic E-state index is 11.9. The third-order valence-electron chi connectivity index (χ3n) is 2.31. The number of carbonyl (C=O) groups excluding carboxylic acids is 2. The standard InChI is InChI=1S/C11H18BrNO3/c1-10(2,3)16-9(15)13-6-5-8(14)7-11(13,4)12/h5-7H2,1-4H3. The highest BCUT2D eigenvalue weighted by Crippen LogP contribution is 2.32. The fourth-order valence-electron chi connectivity index (χ4n) is 1.61. The van der Waals surface area contributed by atoms with Gasteiger partial charge in [-0.3, -0.25) is 9.69 Å². The fourth-order valence-corrected chi connectivity index (χ4v) is 2.25. The Labute approximate surface area is 104 Å². The average Bonchev–Trinajstić information content (AvgIpc) is 1.97. The van der Waals surface area contributed by atoms with E-state index in [-0.39, 0.29) is 11.9 Å². The van der Waals surface area contributed by atoms with E-state index in [9.17, 15) is 9.59 Å². The van der Waals surface area contributed by atoms with Gasteiger partial charge in [0.05, 0.1) is 0 Å². The Morgan fingerprint density at radius 2 is 2.06 bits per heavy atom. The summed E-state index contributed by atoms with van der Waals surface area (Å²) in [5.74, 6) is 0.166. The highest BCUT2D eigenvalue weighted by atomic mass is 79.9. The number of amides is 1. The highest BCUT2D eigenvalue weighted by molar-refractivity contribution is 9.10. The summed E-state index contributed by atoms with van der Waals surface area (Å²) in [7, 11) is 0. The van der Waals surface area contributed by atoms with Crippen LogP contribution in [-0.4, -0.2) is 33.4 Å². The zero-order valence-electron chi connectivity index (χ0n) is 10.2. The van der Waals surface area contributed by atoms with Crippen LogP contribution in [0.2, 0.25) is 0 Å². The van der Waals surface area contributed by atoms with Gasteiger partial charge in [-0.1, -0.05) is 15.9 Å². The van der Waals surface area contributed by atoms with Gasteiger partial charge in [0.1, 0.15) is 15.8 Å². The topological polar surface area (TPSA) is 46.6 Å². The van der Waals surface area contributed by atoms with Gasteiger partial charge in [-0.05, 0) is 27.7 Å². The van der Waals surface area contributed by atoms with Crippen molar-refractivity contribution < 1.29 is 14.3 Å². The van der Waals surface area contributed by atoms with Gasteiger partial charge in [0, 0.05) is 19.4 Å². The first-order valence-corrected chi connectivity index (χ1v) is 6.12. The van der Waals surface area contributed by atoms with Crippen LogP contribution in [0.1, 0.15) is 40.5 Å². The minimum absolute atomic E-state index is 0.166. The Balaban J connectivity index is 2.73. The molecule has 1 aliphatic rings. The lowest BCUT2D eigenvalue weighted by atomic mass is 10.0. The molecule has 0 spiro atoms. The molecule has 0 aromatic heterocycles. The molecule has 92 valence electrons. The number of halogens is 1. The molecule has 5 heteroatoms. The van der Waals surface area contributed by atoms with Crippen LogP contribution in [0.5, 0.6) is 0 Å². The molecule has 0 saturated carbocycles. The lowest BCUT2D eigenvalue weighted by Gasteiger charge is -2.40. The van der Waals surface area contributed by atoms with Gasteiger partial charge in [-0.2, -0.15) is 0 Å². The summed E-state index contributed by atoms with van der Waals surface area (Å²) in [6.45, 7) is 7.70. The van der Waals surface area contributed by atoms with Crippen LogP contribution in [0.4, 0.5) is 4.79 Å².